The number of hydrogen-bond acceptors (Lipinski definition) is 2. The molecular weight excluding hydrogens is 439 g/mol. The molecular formula is C20H29IN4O. The number of benzene rings is 1. The number of guanidine groups is 1. The SMILES string of the molecule is CN=C(NCCCCn1ccccc1=O)N(C)Cc1ccccc1C.I. The molecule has 1 aromatic heterocycles. The molecule has 0 spiro atoms. The van der Waals surface area contributed by atoms with Crippen molar-refractivity contribution in [3.05, 3.63) is 70.1 Å². The number of aromatic nitrogens is 1. The molecule has 0 radical (unpaired) electrons. The van der Waals surface area contributed by atoms with E-state index in [2.05, 4.69) is 46.4 Å². The Balaban J connectivity index is 0.00000338. The molecule has 0 atom stereocenters. The normalized spacial score (nSPS) is 11.0. The van der Waals surface area contributed by atoms with Gasteiger partial charge in [0.2, 0.25) is 5.56 Å². The predicted octanol–water partition coefficient (Wildman–Crippen LogP) is 3.26. The first-order valence-corrected chi connectivity index (χ1v) is 8.73. The molecule has 142 valence electrons. The maximum absolute atomic E-state index is 11.6. The van der Waals surface area contributed by atoms with Crippen molar-refractivity contribution < 1.29 is 0 Å². The number of pyridine rings is 1. The van der Waals surface area contributed by atoms with Gasteiger partial charge in [0.25, 0.3) is 0 Å². The highest BCUT2D eigenvalue weighted by molar-refractivity contribution is 14.0. The largest absolute Gasteiger partial charge is 0.356 e. The predicted molar refractivity (Wildman–Crippen MR) is 119 cm³/mol. The van der Waals surface area contributed by atoms with E-state index in [1.165, 1.54) is 11.1 Å². The van der Waals surface area contributed by atoms with E-state index in [1.54, 1.807) is 23.7 Å². The Morgan fingerprint density at radius 2 is 1.88 bits per heavy atom. The van der Waals surface area contributed by atoms with E-state index in [0.717, 1.165) is 38.4 Å². The molecule has 0 fully saturated rings. The van der Waals surface area contributed by atoms with E-state index in [1.807, 2.05) is 19.3 Å². The lowest BCUT2D eigenvalue weighted by atomic mass is 10.1. The number of aryl methyl sites for hydroxylation is 2. The zero-order chi connectivity index (χ0) is 18.1. The van der Waals surface area contributed by atoms with Crippen LogP contribution in [0.25, 0.3) is 0 Å². The number of nitrogens with one attached hydrogen (secondary N) is 1. The van der Waals surface area contributed by atoms with Gasteiger partial charge in [-0.05, 0) is 37.0 Å². The highest BCUT2D eigenvalue weighted by Gasteiger charge is 2.07. The van der Waals surface area contributed by atoms with Crippen LogP contribution in [0.5, 0.6) is 0 Å². The van der Waals surface area contributed by atoms with Crippen LogP contribution in [0.3, 0.4) is 0 Å². The summed E-state index contributed by atoms with van der Waals surface area (Å²) in [5.74, 6) is 0.889. The molecule has 2 rings (SSSR count). The summed E-state index contributed by atoms with van der Waals surface area (Å²) in [7, 11) is 3.85. The second-order valence-corrected chi connectivity index (χ2v) is 6.20. The van der Waals surface area contributed by atoms with Crippen molar-refractivity contribution in [2.45, 2.75) is 32.9 Å². The Hall–Kier alpha value is -1.83. The molecule has 2 aromatic rings. The van der Waals surface area contributed by atoms with Gasteiger partial charge in [-0.1, -0.05) is 30.3 Å². The van der Waals surface area contributed by atoms with Crippen molar-refractivity contribution in [2.24, 2.45) is 4.99 Å². The van der Waals surface area contributed by atoms with Crippen LogP contribution in [-0.4, -0.2) is 36.1 Å². The average Bonchev–Trinajstić information content (AvgIpc) is 2.61. The number of aliphatic imine (C=N–C) groups is 1. The highest BCUT2D eigenvalue weighted by Crippen LogP contribution is 2.09. The topological polar surface area (TPSA) is 49.6 Å². The van der Waals surface area contributed by atoms with Crippen molar-refractivity contribution in [1.29, 1.82) is 0 Å². The lowest BCUT2D eigenvalue weighted by Crippen LogP contribution is -2.39. The molecule has 0 aliphatic heterocycles. The third kappa shape index (κ3) is 6.82. The van der Waals surface area contributed by atoms with Gasteiger partial charge in [0.15, 0.2) is 5.96 Å². The number of hydrogen-bond donors (Lipinski definition) is 1. The van der Waals surface area contributed by atoms with Gasteiger partial charge < -0.3 is 14.8 Å². The van der Waals surface area contributed by atoms with E-state index in [0.29, 0.717) is 0 Å². The standard InChI is InChI=1S/C20H28N4O.HI/c1-17-10-4-5-11-18(17)16-23(3)20(21-2)22-13-7-9-15-24-14-8-6-12-19(24)25;/h4-6,8,10-12,14H,7,9,13,15-16H2,1-3H3,(H,21,22);1H. The first-order valence-electron chi connectivity index (χ1n) is 8.73. The van der Waals surface area contributed by atoms with Gasteiger partial charge in [-0.2, -0.15) is 0 Å². The van der Waals surface area contributed by atoms with Crippen molar-refractivity contribution in [3.8, 4) is 0 Å². The molecule has 6 heteroatoms. The smallest absolute Gasteiger partial charge is 0.250 e. The van der Waals surface area contributed by atoms with Gasteiger partial charge in [0.05, 0.1) is 0 Å². The quantitative estimate of drug-likeness (QED) is 0.294. The Morgan fingerprint density at radius 1 is 1.15 bits per heavy atom. The fraction of sp³-hybridized carbons (Fsp3) is 0.400. The van der Waals surface area contributed by atoms with E-state index >= 15 is 0 Å². The minimum Gasteiger partial charge on any atom is -0.356 e. The van der Waals surface area contributed by atoms with Crippen molar-refractivity contribution in [3.63, 3.8) is 0 Å². The molecule has 26 heavy (non-hydrogen) atoms. The van der Waals surface area contributed by atoms with Crippen LogP contribution in [0.15, 0.2) is 58.4 Å². The van der Waals surface area contributed by atoms with E-state index in [9.17, 15) is 4.79 Å². The van der Waals surface area contributed by atoms with Gasteiger partial charge in [-0.25, -0.2) is 0 Å². The van der Waals surface area contributed by atoms with Crippen LogP contribution in [0.4, 0.5) is 0 Å². The fourth-order valence-corrected chi connectivity index (χ4v) is 2.76. The summed E-state index contributed by atoms with van der Waals surface area (Å²) in [6.45, 7) is 4.54. The lowest BCUT2D eigenvalue weighted by Gasteiger charge is -2.23. The van der Waals surface area contributed by atoms with Crippen molar-refractivity contribution in [1.82, 2.24) is 14.8 Å². The molecule has 0 bridgehead atoms. The second kappa shape index (κ2) is 11.7. The van der Waals surface area contributed by atoms with Gasteiger partial charge in [0.1, 0.15) is 0 Å². The van der Waals surface area contributed by atoms with Crippen molar-refractivity contribution >= 4 is 29.9 Å². The Morgan fingerprint density at radius 3 is 2.58 bits per heavy atom. The molecule has 0 saturated carbocycles. The van der Waals surface area contributed by atoms with Crippen LogP contribution in [0, 0.1) is 6.92 Å². The monoisotopic (exact) mass is 468 g/mol. The van der Waals surface area contributed by atoms with Crippen LogP contribution in [0.2, 0.25) is 0 Å². The molecule has 0 aliphatic rings. The summed E-state index contributed by atoms with van der Waals surface area (Å²) >= 11 is 0. The molecule has 5 nitrogen and oxygen atoms in total. The van der Waals surface area contributed by atoms with E-state index in [-0.39, 0.29) is 29.5 Å². The molecule has 1 aromatic carbocycles. The van der Waals surface area contributed by atoms with E-state index < -0.39 is 0 Å². The van der Waals surface area contributed by atoms with Crippen molar-refractivity contribution in [2.75, 3.05) is 20.6 Å². The third-order valence-corrected chi connectivity index (χ3v) is 4.25. The van der Waals surface area contributed by atoms with Gasteiger partial charge in [0, 0.05) is 46.0 Å². The molecule has 0 saturated heterocycles. The Bertz CT molecular complexity index is 757. The van der Waals surface area contributed by atoms with Crippen LogP contribution >= 0.6 is 24.0 Å². The number of halogens is 1. The summed E-state index contributed by atoms with van der Waals surface area (Å²) in [5.41, 5.74) is 2.65. The summed E-state index contributed by atoms with van der Waals surface area (Å²) in [6, 6.07) is 13.7. The molecule has 0 amide bonds. The van der Waals surface area contributed by atoms with Gasteiger partial charge in [-0.15, -0.1) is 24.0 Å². The highest BCUT2D eigenvalue weighted by atomic mass is 127. The summed E-state index contributed by atoms with van der Waals surface area (Å²) in [5, 5.41) is 3.40. The molecule has 0 unspecified atom stereocenters. The average molecular weight is 468 g/mol. The minimum absolute atomic E-state index is 0. The second-order valence-electron chi connectivity index (χ2n) is 6.20. The number of nitrogens with zero attached hydrogens (tertiary/aromatic N) is 3. The molecule has 0 aliphatic carbocycles. The fourth-order valence-electron chi connectivity index (χ4n) is 2.76. The van der Waals surface area contributed by atoms with Gasteiger partial charge >= 0.3 is 0 Å². The van der Waals surface area contributed by atoms with Crippen LogP contribution < -0.4 is 10.9 Å². The summed E-state index contributed by atoms with van der Waals surface area (Å²) in [4.78, 5) is 18.1. The lowest BCUT2D eigenvalue weighted by molar-refractivity contribution is 0.471. The Kier molecular flexibility index (Phi) is 10.0. The zero-order valence-corrected chi connectivity index (χ0v) is 18.1. The Labute approximate surface area is 173 Å². The minimum atomic E-state index is 0. The van der Waals surface area contributed by atoms with Crippen LogP contribution in [0.1, 0.15) is 24.0 Å². The first-order chi connectivity index (χ1) is 12.1. The maximum atomic E-state index is 11.6. The molecule has 1 N–H and O–H groups in total. The van der Waals surface area contributed by atoms with Crippen LogP contribution in [-0.2, 0) is 13.1 Å². The van der Waals surface area contributed by atoms with Gasteiger partial charge in [-0.3, -0.25) is 9.79 Å². The zero-order valence-electron chi connectivity index (χ0n) is 15.8. The number of unbranched alkanes of at least 4 members (excludes halogenated alkanes) is 1. The number of rotatable bonds is 7. The molecule has 1 heterocycles. The van der Waals surface area contributed by atoms with E-state index in [4.69, 9.17) is 0 Å². The summed E-state index contributed by atoms with van der Waals surface area (Å²) < 4.78 is 1.75. The summed E-state index contributed by atoms with van der Waals surface area (Å²) in [6.07, 6.45) is 3.78. The first kappa shape index (κ1) is 22.2. The maximum Gasteiger partial charge on any atom is 0.250 e. The third-order valence-electron chi connectivity index (χ3n) is 4.25.